The van der Waals surface area contributed by atoms with Crippen molar-refractivity contribution in [2.45, 2.75) is 13.8 Å². The van der Waals surface area contributed by atoms with Crippen molar-refractivity contribution in [3.63, 3.8) is 0 Å². The van der Waals surface area contributed by atoms with Crippen LogP contribution in [0.3, 0.4) is 0 Å². The molecule has 0 aromatic heterocycles. The van der Waals surface area contributed by atoms with Gasteiger partial charge in [0, 0.05) is 17.8 Å². The maximum atomic E-state index is 12.1. The van der Waals surface area contributed by atoms with Crippen molar-refractivity contribution in [1.29, 1.82) is 0 Å². The van der Waals surface area contributed by atoms with E-state index in [1.807, 2.05) is 56.3 Å². The molecule has 0 saturated carbocycles. The van der Waals surface area contributed by atoms with Gasteiger partial charge < -0.3 is 14.8 Å². The van der Waals surface area contributed by atoms with E-state index in [1.165, 1.54) is 6.08 Å². The molecule has 0 saturated heterocycles. The van der Waals surface area contributed by atoms with Crippen molar-refractivity contribution in [3.05, 3.63) is 72.3 Å². The Labute approximate surface area is 148 Å². The maximum absolute atomic E-state index is 12.1. The quantitative estimate of drug-likeness (QED) is 0.561. The van der Waals surface area contributed by atoms with E-state index >= 15 is 0 Å². The predicted molar refractivity (Wildman–Crippen MR) is 102 cm³/mol. The number of benzene rings is 2. The molecule has 130 valence electrons. The first-order valence-corrected chi connectivity index (χ1v) is 8.16. The first kappa shape index (κ1) is 18.3. The average Bonchev–Trinajstić information content (AvgIpc) is 2.60. The number of carbonyl (C=O) groups is 1. The molecule has 2 aromatic carbocycles. The molecule has 0 atom stereocenters. The van der Waals surface area contributed by atoms with E-state index in [0.29, 0.717) is 24.7 Å². The molecule has 0 bridgehead atoms. The first-order chi connectivity index (χ1) is 12.1. The molecule has 0 fully saturated rings. The summed E-state index contributed by atoms with van der Waals surface area (Å²) in [6.45, 7) is 8.72. The molecule has 0 aliphatic heterocycles. The molecule has 4 heteroatoms. The number of nitrogens with one attached hydrogen (secondary N) is 1. The first-order valence-electron chi connectivity index (χ1n) is 8.16. The van der Waals surface area contributed by atoms with Crippen molar-refractivity contribution in [3.8, 4) is 11.5 Å². The van der Waals surface area contributed by atoms with Gasteiger partial charge in [0.25, 0.3) is 0 Å². The molecule has 25 heavy (non-hydrogen) atoms. The second-order valence-electron chi connectivity index (χ2n) is 5.60. The summed E-state index contributed by atoms with van der Waals surface area (Å²) in [5.74, 6) is 1.30. The van der Waals surface area contributed by atoms with Gasteiger partial charge in [-0.15, -0.1) is 0 Å². The van der Waals surface area contributed by atoms with E-state index in [4.69, 9.17) is 9.47 Å². The van der Waals surface area contributed by atoms with Crippen LogP contribution >= 0.6 is 0 Å². The van der Waals surface area contributed by atoms with Gasteiger partial charge in [-0.05, 0) is 55.3 Å². The monoisotopic (exact) mass is 337 g/mol. The van der Waals surface area contributed by atoms with Crippen molar-refractivity contribution in [1.82, 2.24) is 0 Å². The van der Waals surface area contributed by atoms with Gasteiger partial charge in [0.2, 0.25) is 5.91 Å². The second kappa shape index (κ2) is 9.33. The number of hydrogen-bond donors (Lipinski definition) is 1. The van der Waals surface area contributed by atoms with Crippen LogP contribution in [0.2, 0.25) is 0 Å². The van der Waals surface area contributed by atoms with Gasteiger partial charge in [-0.3, -0.25) is 4.79 Å². The fourth-order valence-electron chi connectivity index (χ4n) is 2.07. The fraction of sp³-hybridized carbons (Fsp3) is 0.190. The van der Waals surface area contributed by atoms with E-state index in [-0.39, 0.29) is 5.91 Å². The highest BCUT2D eigenvalue weighted by Crippen LogP contribution is 2.18. The normalized spacial score (nSPS) is 10.5. The minimum Gasteiger partial charge on any atom is -0.494 e. The van der Waals surface area contributed by atoms with Crippen LogP contribution < -0.4 is 14.8 Å². The number of amides is 1. The summed E-state index contributed by atoms with van der Waals surface area (Å²) >= 11 is 0. The summed E-state index contributed by atoms with van der Waals surface area (Å²) in [6.07, 6.45) is 3.25. The molecule has 0 unspecified atom stereocenters. The number of rotatable bonds is 8. The lowest BCUT2D eigenvalue weighted by molar-refractivity contribution is -0.111. The van der Waals surface area contributed by atoms with Crippen LogP contribution in [0, 0.1) is 0 Å². The fourth-order valence-corrected chi connectivity index (χ4v) is 2.07. The molecule has 2 aromatic rings. The highest BCUT2D eigenvalue weighted by Gasteiger charge is 2.01. The van der Waals surface area contributed by atoms with E-state index < -0.39 is 0 Å². The maximum Gasteiger partial charge on any atom is 0.248 e. The highest BCUT2D eigenvalue weighted by atomic mass is 16.5. The van der Waals surface area contributed by atoms with Crippen molar-refractivity contribution >= 4 is 17.7 Å². The third-order valence-corrected chi connectivity index (χ3v) is 3.21. The van der Waals surface area contributed by atoms with Gasteiger partial charge in [0.05, 0.1) is 6.61 Å². The third kappa shape index (κ3) is 6.55. The Kier molecular flexibility index (Phi) is 6.84. The number of carbonyl (C=O) groups excluding carboxylic acids is 1. The van der Waals surface area contributed by atoms with Gasteiger partial charge in [-0.25, -0.2) is 0 Å². The van der Waals surface area contributed by atoms with Crippen LogP contribution in [-0.4, -0.2) is 19.1 Å². The van der Waals surface area contributed by atoms with Crippen LogP contribution in [0.5, 0.6) is 11.5 Å². The molecule has 0 radical (unpaired) electrons. The zero-order valence-corrected chi connectivity index (χ0v) is 14.6. The van der Waals surface area contributed by atoms with E-state index in [0.717, 1.165) is 16.9 Å². The lowest BCUT2D eigenvalue weighted by Crippen LogP contribution is -2.08. The SMILES string of the molecule is C=C(C)COc1cccc(NC(=O)/C=C/c2ccc(OCC)cc2)c1. The average molecular weight is 337 g/mol. The van der Waals surface area contributed by atoms with Crippen LogP contribution in [0.25, 0.3) is 6.08 Å². The Morgan fingerprint density at radius 2 is 1.88 bits per heavy atom. The number of anilines is 1. The summed E-state index contributed by atoms with van der Waals surface area (Å²) in [4.78, 5) is 12.1. The molecule has 4 nitrogen and oxygen atoms in total. The lowest BCUT2D eigenvalue weighted by Gasteiger charge is -2.08. The summed E-state index contributed by atoms with van der Waals surface area (Å²) < 4.78 is 11.0. The Bertz CT molecular complexity index is 748. The smallest absolute Gasteiger partial charge is 0.248 e. The molecular formula is C21H23NO3. The molecule has 1 N–H and O–H groups in total. The van der Waals surface area contributed by atoms with Crippen molar-refractivity contribution < 1.29 is 14.3 Å². The molecule has 0 aliphatic carbocycles. The third-order valence-electron chi connectivity index (χ3n) is 3.21. The predicted octanol–water partition coefficient (Wildman–Crippen LogP) is 4.69. The van der Waals surface area contributed by atoms with Gasteiger partial charge in [0.1, 0.15) is 18.1 Å². The molecule has 2 rings (SSSR count). The van der Waals surface area contributed by atoms with E-state index in [2.05, 4.69) is 11.9 Å². The Morgan fingerprint density at radius 1 is 1.12 bits per heavy atom. The summed E-state index contributed by atoms with van der Waals surface area (Å²) in [7, 11) is 0. The van der Waals surface area contributed by atoms with E-state index in [1.54, 1.807) is 12.1 Å². The Balaban J connectivity index is 1.93. The van der Waals surface area contributed by atoms with Gasteiger partial charge >= 0.3 is 0 Å². The van der Waals surface area contributed by atoms with Crippen LogP contribution in [0.15, 0.2) is 66.8 Å². The minimum absolute atomic E-state index is 0.203. The van der Waals surface area contributed by atoms with Crippen LogP contribution in [0.1, 0.15) is 19.4 Å². The largest absolute Gasteiger partial charge is 0.494 e. The van der Waals surface area contributed by atoms with Crippen molar-refractivity contribution in [2.75, 3.05) is 18.5 Å². The van der Waals surface area contributed by atoms with Crippen LogP contribution in [0.4, 0.5) is 5.69 Å². The van der Waals surface area contributed by atoms with Gasteiger partial charge in [-0.2, -0.15) is 0 Å². The molecule has 0 spiro atoms. The Hall–Kier alpha value is -3.01. The number of ether oxygens (including phenoxy) is 2. The summed E-state index contributed by atoms with van der Waals surface area (Å²) in [5.41, 5.74) is 2.55. The minimum atomic E-state index is -0.203. The summed E-state index contributed by atoms with van der Waals surface area (Å²) in [6, 6.07) is 14.8. The molecule has 0 heterocycles. The lowest BCUT2D eigenvalue weighted by atomic mass is 10.2. The molecular weight excluding hydrogens is 314 g/mol. The zero-order chi connectivity index (χ0) is 18.1. The standard InChI is InChI=1S/C21H23NO3/c1-4-24-19-11-8-17(9-12-19)10-13-21(23)22-18-6-5-7-20(14-18)25-15-16(2)3/h5-14H,2,4,15H2,1,3H3,(H,22,23)/b13-10+. The number of hydrogen-bond acceptors (Lipinski definition) is 3. The van der Waals surface area contributed by atoms with Crippen molar-refractivity contribution in [2.24, 2.45) is 0 Å². The molecule has 1 amide bonds. The summed E-state index contributed by atoms with van der Waals surface area (Å²) in [5, 5.41) is 2.82. The van der Waals surface area contributed by atoms with Crippen LogP contribution in [-0.2, 0) is 4.79 Å². The Morgan fingerprint density at radius 3 is 2.56 bits per heavy atom. The second-order valence-corrected chi connectivity index (χ2v) is 5.60. The molecule has 0 aliphatic rings. The van der Waals surface area contributed by atoms with Gasteiger partial charge in [0.15, 0.2) is 0 Å². The zero-order valence-electron chi connectivity index (χ0n) is 14.6. The highest BCUT2D eigenvalue weighted by molar-refractivity contribution is 6.02. The van der Waals surface area contributed by atoms with Gasteiger partial charge in [-0.1, -0.05) is 24.8 Å². The van der Waals surface area contributed by atoms with E-state index in [9.17, 15) is 4.79 Å². The topological polar surface area (TPSA) is 47.6 Å².